The number of nitrogens with one attached hydrogen (secondary N) is 1. The minimum absolute atomic E-state index is 0.631. The third kappa shape index (κ3) is 9.25. The van der Waals surface area contributed by atoms with Crippen molar-refractivity contribution in [2.45, 2.75) is 58.0 Å². The molecular weight excluding hydrogens is 427 g/mol. The Hall–Kier alpha value is -2.62. The molecule has 178 valence electrons. The van der Waals surface area contributed by atoms with E-state index < -0.39 is 12.1 Å². The number of hydrogen-bond acceptors (Lipinski definition) is 6. The van der Waals surface area contributed by atoms with Gasteiger partial charge in [0.1, 0.15) is 5.75 Å². The second-order valence-corrected chi connectivity index (χ2v) is 7.68. The number of aliphatic carboxylic acids is 1. The molecule has 0 spiro atoms. The Morgan fingerprint density at radius 3 is 2.34 bits per heavy atom. The predicted octanol–water partition coefficient (Wildman–Crippen LogP) is 4.87. The summed E-state index contributed by atoms with van der Waals surface area (Å²) in [5, 5.41) is 14.5. The standard InChI is InChI=1S/C20H29N3O2.C2HF3O2/c1-2-3-4-5-6-7-12-24-18-10-8-17(9-11-18)20-22-19(25-23-20)13-16-14-21-15-16;3-2(4,5)1(6)7/h8-11,16,21H,2-7,12-15H2,1H3;(H,6,7). The van der Waals surface area contributed by atoms with Crippen LogP contribution < -0.4 is 10.1 Å². The van der Waals surface area contributed by atoms with Gasteiger partial charge in [0.05, 0.1) is 6.61 Å². The van der Waals surface area contributed by atoms with Gasteiger partial charge in [0.15, 0.2) is 0 Å². The smallest absolute Gasteiger partial charge is 0.490 e. The molecule has 2 N–H and O–H groups in total. The zero-order valence-corrected chi connectivity index (χ0v) is 18.2. The fraction of sp³-hybridized carbons (Fsp3) is 0.591. The van der Waals surface area contributed by atoms with Crippen LogP contribution >= 0.6 is 0 Å². The lowest BCUT2D eigenvalue weighted by Crippen LogP contribution is -2.43. The summed E-state index contributed by atoms with van der Waals surface area (Å²) in [5.74, 6) is 0.162. The van der Waals surface area contributed by atoms with Crippen molar-refractivity contribution in [3.63, 3.8) is 0 Å². The summed E-state index contributed by atoms with van der Waals surface area (Å²) in [4.78, 5) is 13.4. The highest BCUT2D eigenvalue weighted by Crippen LogP contribution is 2.21. The number of aromatic nitrogens is 2. The second-order valence-electron chi connectivity index (χ2n) is 7.68. The Bertz CT molecular complexity index is 805. The van der Waals surface area contributed by atoms with Crippen molar-refractivity contribution in [1.82, 2.24) is 15.5 Å². The van der Waals surface area contributed by atoms with Gasteiger partial charge < -0.3 is 19.7 Å². The zero-order chi connectivity index (χ0) is 23.4. The lowest BCUT2D eigenvalue weighted by atomic mass is 10.00. The fourth-order valence-corrected chi connectivity index (χ4v) is 2.97. The van der Waals surface area contributed by atoms with Crippen molar-refractivity contribution >= 4 is 5.97 Å². The largest absolute Gasteiger partial charge is 0.494 e. The molecule has 0 amide bonds. The number of carbonyl (C=O) groups is 1. The Balaban J connectivity index is 0.000000451. The maximum atomic E-state index is 10.6. The number of carboxylic acid groups (broad SMARTS) is 1. The molecule has 2 heterocycles. The van der Waals surface area contributed by atoms with E-state index in [0.717, 1.165) is 49.7 Å². The second kappa shape index (κ2) is 13.0. The molecule has 0 bridgehead atoms. The van der Waals surface area contributed by atoms with Gasteiger partial charge in [0.25, 0.3) is 0 Å². The van der Waals surface area contributed by atoms with E-state index in [1.165, 1.54) is 32.1 Å². The minimum atomic E-state index is -5.08. The fourth-order valence-electron chi connectivity index (χ4n) is 2.97. The van der Waals surface area contributed by atoms with Gasteiger partial charge in [-0.2, -0.15) is 18.2 Å². The summed E-state index contributed by atoms with van der Waals surface area (Å²) in [5.41, 5.74) is 0.966. The number of benzene rings is 1. The molecule has 0 aliphatic carbocycles. The summed E-state index contributed by atoms with van der Waals surface area (Å²) < 4.78 is 42.9. The lowest BCUT2D eigenvalue weighted by Gasteiger charge is -2.25. The van der Waals surface area contributed by atoms with Gasteiger partial charge in [-0.3, -0.25) is 0 Å². The molecule has 0 saturated carbocycles. The van der Waals surface area contributed by atoms with Crippen LogP contribution in [0.3, 0.4) is 0 Å². The SMILES string of the molecule is CCCCCCCCOc1ccc(-c2noc(CC3CNC3)n2)cc1.O=C(O)C(F)(F)F. The molecule has 0 unspecified atom stereocenters. The number of hydrogen-bond donors (Lipinski definition) is 2. The molecule has 1 saturated heterocycles. The number of halogens is 3. The topological polar surface area (TPSA) is 97.5 Å². The Morgan fingerprint density at radius 2 is 1.78 bits per heavy atom. The van der Waals surface area contributed by atoms with Crippen molar-refractivity contribution < 1.29 is 32.3 Å². The van der Waals surface area contributed by atoms with Crippen molar-refractivity contribution in [1.29, 1.82) is 0 Å². The Morgan fingerprint density at radius 1 is 1.16 bits per heavy atom. The monoisotopic (exact) mass is 457 g/mol. The van der Waals surface area contributed by atoms with Crippen LogP contribution in [0.2, 0.25) is 0 Å². The molecule has 1 aromatic carbocycles. The summed E-state index contributed by atoms with van der Waals surface area (Å²) in [6, 6.07) is 7.96. The predicted molar refractivity (Wildman–Crippen MR) is 112 cm³/mol. The maximum Gasteiger partial charge on any atom is 0.490 e. The molecule has 1 aliphatic rings. The van der Waals surface area contributed by atoms with Crippen LogP contribution in [0.4, 0.5) is 13.2 Å². The van der Waals surface area contributed by atoms with Crippen molar-refractivity contribution in [2.24, 2.45) is 5.92 Å². The molecule has 10 heteroatoms. The van der Waals surface area contributed by atoms with E-state index in [2.05, 4.69) is 22.4 Å². The van der Waals surface area contributed by atoms with Gasteiger partial charge >= 0.3 is 12.1 Å². The van der Waals surface area contributed by atoms with Crippen LogP contribution in [0.15, 0.2) is 28.8 Å². The summed E-state index contributed by atoms with van der Waals surface area (Å²) in [6.07, 6.45) is 3.44. The van der Waals surface area contributed by atoms with E-state index in [1.807, 2.05) is 24.3 Å². The first-order chi connectivity index (χ1) is 15.3. The van der Waals surface area contributed by atoms with E-state index in [0.29, 0.717) is 11.7 Å². The van der Waals surface area contributed by atoms with Crippen molar-refractivity contribution in [3.05, 3.63) is 30.2 Å². The van der Waals surface area contributed by atoms with Gasteiger partial charge in [0, 0.05) is 12.0 Å². The molecule has 3 rings (SSSR count). The Kier molecular flexibility index (Phi) is 10.5. The normalized spacial score (nSPS) is 13.8. The number of alkyl halides is 3. The van der Waals surface area contributed by atoms with E-state index >= 15 is 0 Å². The zero-order valence-electron chi connectivity index (χ0n) is 18.2. The molecule has 0 radical (unpaired) electrons. The van der Waals surface area contributed by atoms with Crippen molar-refractivity contribution in [3.8, 4) is 17.1 Å². The highest BCUT2D eigenvalue weighted by atomic mass is 19.4. The summed E-state index contributed by atoms with van der Waals surface area (Å²) in [6.45, 7) is 5.12. The lowest BCUT2D eigenvalue weighted by molar-refractivity contribution is -0.192. The van der Waals surface area contributed by atoms with E-state index in [-0.39, 0.29) is 0 Å². The van der Waals surface area contributed by atoms with Gasteiger partial charge in [-0.25, -0.2) is 4.79 Å². The molecule has 0 atom stereocenters. The Labute approximate surface area is 185 Å². The molecule has 7 nitrogen and oxygen atoms in total. The first-order valence-corrected chi connectivity index (χ1v) is 10.9. The average Bonchev–Trinajstić information content (AvgIpc) is 3.19. The van der Waals surface area contributed by atoms with Crippen LogP contribution in [-0.2, 0) is 11.2 Å². The van der Waals surface area contributed by atoms with E-state index in [4.69, 9.17) is 19.2 Å². The third-order valence-electron chi connectivity index (χ3n) is 4.92. The van der Waals surface area contributed by atoms with E-state index in [9.17, 15) is 13.2 Å². The van der Waals surface area contributed by atoms with Crippen molar-refractivity contribution in [2.75, 3.05) is 19.7 Å². The molecule has 1 aromatic heterocycles. The number of carboxylic acids is 1. The number of rotatable bonds is 11. The highest BCUT2D eigenvalue weighted by molar-refractivity contribution is 5.73. The molecule has 1 aliphatic heterocycles. The maximum absolute atomic E-state index is 10.6. The van der Waals surface area contributed by atoms with Crippen LogP contribution in [0.25, 0.3) is 11.4 Å². The van der Waals surface area contributed by atoms with Crippen LogP contribution in [0.5, 0.6) is 5.75 Å². The number of unbranched alkanes of at least 4 members (excludes halogenated alkanes) is 5. The number of nitrogens with zero attached hydrogens (tertiary/aromatic N) is 2. The van der Waals surface area contributed by atoms with Crippen LogP contribution in [0.1, 0.15) is 51.3 Å². The van der Waals surface area contributed by atoms with Gasteiger partial charge in [0.2, 0.25) is 11.7 Å². The van der Waals surface area contributed by atoms with Gasteiger partial charge in [-0.05, 0) is 49.7 Å². The van der Waals surface area contributed by atoms with E-state index in [1.54, 1.807) is 0 Å². The summed E-state index contributed by atoms with van der Waals surface area (Å²) >= 11 is 0. The highest BCUT2D eigenvalue weighted by Gasteiger charge is 2.38. The molecular formula is C22H30F3N3O4. The quantitative estimate of drug-likeness (QED) is 0.465. The van der Waals surface area contributed by atoms with Gasteiger partial charge in [-0.15, -0.1) is 0 Å². The first-order valence-electron chi connectivity index (χ1n) is 10.9. The molecule has 2 aromatic rings. The van der Waals surface area contributed by atoms with Gasteiger partial charge in [-0.1, -0.05) is 44.2 Å². The summed E-state index contributed by atoms with van der Waals surface area (Å²) in [7, 11) is 0. The minimum Gasteiger partial charge on any atom is -0.494 e. The molecule has 1 fully saturated rings. The van der Waals surface area contributed by atoms with Crippen LogP contribution in [-0.4, -0.2) is 47.1 Å². The molecule has 32 heavy (non-hydrogen) atoms. The first kappa shape index (κ1) is 25.6. The van der Waals surface area contributed by atoms with Crippen LogP contribution in [0, 0.1) is 5.92 Å². The third-order valence-corrected chi connectivity index (χ3v) is 4.92. The average molecular weight is 457 g/mol. The number of ether oxygens (including phenoxy) is 1.